The van der Waals surface area contributed by atoms with Gasteiger partial charge in [0.05, 0.1) is 5.41 Å². The highest BCUT2D eigenvalue weighted by Crippen LogP contribution is 2.45. The summed E-state index contributed by atoms with van der Waals surface area (Å²) < 4.78 is 0. The summed E-state index contributed by atoms with van der Waals surface area (Å²) in [7, 11) is 0. The van der Waals surface area contributed by atoms with E-state index < -0.39 is 17.0 Å². The Hall–Kier alpha value is -0.610. The van der Waals surface area contributed by atoms with Crippen molar-refractivity contribution in [1.82, 2.24) is 5.32 Å². The number of β-amino-alcohol motifs (C(OH)–C–C–N with tert-alkyl or cyclic N) is 1. The second kappa shape index (κ2) is 3.76. The van der Waals surface area contributed by atoms with Crippen LogP contribution in [0, 0.1) is 5.41 Å². The van der Waals surface area contributed by atoms with Gasteiger partial charge in [-0.25, -0.2) is 0 Å². The van der Waals surface area contributed by atoms with E-state index in [0.29, 0.717) is 25.9 Å². The average molecular weight is 213 g/mol. The molecule has 1 heterocycles. The maximum Gasteiger partial charge on any atom is 0.312 e. The molecule has 0 unspecified atom stereocenters. The van der Waals surface area contributed by atoms with Crippen LogP contribution in [0.5, 0.6) is 0 Å². The van der Waals surface area contributed by atoms with Crippen LogP contribution in [0.2, 0.25) is 0 Å². The summed E-state index contributed by atoms with van der Waals surface area (Å²) in [5, 5.41) is 22.7. The highest BCUT2D eigenvalue weighted by molar-refractivity contribution is 5.77. The molecule has 1 aliphatic heterocycles. The molecule has 0 radical (unpaired) electrons. The zero-order valence-corrected chi connectivity index (χ0v) is 8.96. The lowest BCUT2D eigenvalue weighted by atomic mass is 9.64. The quantitative estimate of drug-likeness (QED) is 0.592. The fourth-order valence-corrected chi connectivity index (χ4v) is 2.91. The second-order valence-electron chi connectivity index (χ2n) is 4.94. The molecule has 15 heavy (non-hydrogen) atoms. The first-order valence-corrected chi connectivity index (χ1v) is 5.77. The van der Waals surface area contributed by atoms with Gasteiger partial charge in [0.1, 0.15) is 5.60 Å². The lowest BCUT2D eigenvalue weighted by Gasteiger charge is -2.50. The normalized spacial score (nSPS) is 28.9. The summed E-state index contributed by atoms with van der Waals surface area (Å²) in [6.45, 7) is 0.860. The summed E-state index contributed by atoms with van der Waals surface area (Å²) in [6.07, 6.45) is 5.29. The summed E-state index contributed by atoms with van der Waals surface area (Å²) >= 11 is 0. The van der Waals surface area contributed by atoms with Crippen LogP contribution in [-0.4, -0.2) is 34.9 Å². The molecule has 1 saturated heterocycles. The van der Waals surface area contributed by atoms with Gasteiger partial charge in [-0.2, -0.15) is 0 Å². The number of carboxylic acid groups (broad SMARTS) is 1. The molecular weight excluding hydrogens is 194 g/mol. The number of carbonyl (C=O) groups is 1. The van der Waals surface area contributed by atoms with Crippen LogP contribution in [0.3, 0.4) is 0 Å². The topological polar surface area (TPSA) is 69.6 Å². The molecule has 2 aliphatic rings. The molecule has 4 heteroatoms. The zero-order chi connectivity index (χ0) is 10.9. The van der Waals surface area contributed by atoms with Gasteiger partial charge in [0.15, 0.2) is 0 Å². The number of rotatable bonds is 2. The van der Waals surface area contributed by atoms with Crippen molar-refractivity contribution in [3.05, 3.63) is 0 Å². The minimum absolute atomic E-state index is 0.430. The first-order chi connectivity index (χ1) is 7.11. The molecule has 0 bridgehead atoms. The Morgan fingerprint density at radius 3 is 1.93 bits per heavy atom. The molecule has 4 nitrogen and oxygen atoms in total. The maximum atomic E-state index is 11.5. The summed E-state index contributed by atoms with van der Waals surface area (Å²) in [6, 6.07) is 0. The van der Waals surface area contributed by atoms with Gasteiger partial charge in [0.25, 0.3) is 0 Å². The third-order valence-electron chi connectivity index (χ3n) is 4.09. The molecule has 0 aromatic rings. The van der Waals surface area contributed by atoms with Crippen molar-refractivity contribution in [3.8, 4) is 0 Å². The molecule has 2 rings (SSSR count). The van der Waals surface area contributed by atoms with Gasteiger partial charge >= 0.3 is 5.97 Å². The van der Waals surface area contributed by atoms with E-state index in [1.807, 2.05) is 0 Å². The lowest BCUT2D eigenvalue weighted by molar-refractivity contribution is -0.181. The van der Waals surface area contributed by atoms with E-state index in [1.54, 1.807) is 0 Å². The average Bonchev–Trinajstić information content (AvgIpc) is 2.40. The van der Waals surface area contributed by atoms with Crippen molar-refractivity contribution < 1.29 is 15.0 Å². The van der Waals surface area contributed by atoms with E-state index in [0.717, 1.165) is 25.7 Å². The summed E-state index contributed by atoms with van der Waals surface area (Å²) in [5.74, 6) is -0.812. The van der Waals surface area contributed by atoms with Crippen LogP contribution in [0.1, 0.15) is 38.5 Å². The number of aliphatic hydroxyl groups is 1. The lowest BCUT2D eigenvalue weighted by Crippen LogP contribution is -2.70. The van der Waals surface area contributed by atoms with Crippen LogP contribution >= 0.6 is 0 Å². The van der Waals surface area contributed by atoms with Gasteiger partial charge in [-0.05, 0) is 12.8 Å². The smallest absolute Gasteiger partial charge is 0.312 e. The van der Waals surface area contributed by atoms with Crippen molar-refractivity contribution >= 4 is 5.97 Å². The highest BCUT2D eigenvalue weighted by Gasteiger charge is 2.58. The monoisotopic (exact) mass is 213 g/mol. The van der Waals surface area contributed by atoms with E-state index >= 15 is 0 Å². The molecule has 0 aromatic heterocycles. The van der Waals surface area contributed by atoms with Crippen molar-refractivity contribution in [2.75, 3.05) is 13.1 Å². The van der Waals surface area contributed by atoms with E-state index in [9.17, 15) is 15.0 Å². The Morgan fingerprint density at radius 2 is 1.60 bits per heavy atom. The Kier molecular flexibility index (Phi) is 2.73. The predicted molar refractivity (Wildman–Crippen MR) is 55.6 cm³/mol. The summed E-state index contributed by atoms with van der Waals surface area (Å²) in [5.41, 5.74) is -1.90. The molecule has 3 N–H and O–H groups in total. The molecule has 0 atom stereocenters. The Morgan fingerprint density at radius 1 is 1.07 bits per heavy atom. The number of carboxylic acids is 1. The highest BCUT2D eigenvalue weighted by atomic mass is 16.4. The molecule has 1 saturated carbocycles. The minimum atomic E-state index is -1.01. The van der Waals surface area contributed by atoms with Gasteiger partial charge in [0.2, 0.25) is 0 Å². The SMILES string of the molecule is O=C(O)C1(C2(O)CNC2)CCCCCC1. The number of hydrogen-bond donors (Lipinski definition) is 3. The van der Waals surface area contributed by atoms with E-state index in [-0.39, 0.29) is 0 Å². The predicted octanol–water partition coefficient (Wildman–Crippen LogP) is 0.746. The zero-order valence-electron chi connectivity index (χ0n) is 8.96. The molecule has 2 fully saturated rings. The molecular formula is C11H19NO3. The fraction of sp³-hybridized carbons (Fsp3) is 0.909. The second-order valence-corrected chi connectivity index (χ2v) is 4.94. The Labute approximate surface area is 89.7 Å². The van der Waals surface area contributed by atoms with Gasteiger partial charge < -0.3 is 15.5 Å². The number of nitrogens with one attached hydrogen (secondary N) is 1. The van der Waals surface area contributed by atoms with Crippen molar-refractivity contribution in [3.63, 3.8) is 0 Å². The van der Waals surface area contributed by atoms with Gasteiger partial charge in [-0.15, -0.1) is 0 Å². The van der Waals surface area contributed by atoms with Crippen LogP contribution in [0.15, 0.2) is 0 Å². The number of aliphatic carboxylic acids is 1. The first-order valence-electron chi connectivity index (χ1n) is 5.77. The van der Waals surface area contributed by atoms with E-state index in [4.69, 9.17) is 0 Å². The van der Waals surface area contributed by atoms with Crippen molar-refractivity contribution in [2.24, 2.45) is 5.41 Å². The number of hydrogen-bond acceptors (Lipinski definition) is 3. The Bertz CT molecular complexity index is 253. The Balaban J connectivity index is 2.25. The van der Waals surface area contributed by atoms with Gasteiger partial charge in [-0.3, -0.25) is 4.79 Å². The maximum absolute atomic E-state index is 11.5. The van der Waals surface area contributed by atoms with Crippen LogP contribution in [0.25, 0.3) is 0 Å². The molecule has 86 valence electrons. The van der Waals surface area contributed by atoms with Gasteiger partial charge in [-0.1, -0.05) is 25.7 Å². The third-order valence-corrected chi connectivity index (χ3v) is 4.09. The van der Waals surface area contributed by atoms with E-state index in [2.05, 4.69) is 5.32 Å². The molecule has 1 aliphatic carbocycles. The standard InChI is InChI=1S/C11H19NO3/c13-9(14)10(11(15)7-12-8-11)5-3-1-2-4-6-10/h12,15H,1-8H2,(H,13,14). The van der Waals surface area contributed by atoms with Gasteiger partial charge in [0, 0.05) is 13.1 Å². The minimum Gasteiger partial charge on any atom is -0.481 e. The summed E-state index contributed by atoms with van der Waals surface area (Å²) in [4.78, 5) is 11.5. The molecule has 0 aromatic carbocycles. The molecule has 0 spiro atoms. The first kappa shape index (κ1) is 10.9. The van der Waals surface area contributed by atoms with Crippen molar-refractivity contribution in [2.45, 2.75) is 44.1 Å². The van der Waals surface area contributed by atoms with Crippen LogP contribution in [0.4, 0.5) is 0 Å². The fourth-order valence-electron chi connectivity index (χ4n) is 2.91. The molecule has 0 amide bonds. The van der Waals surface area contributed by atoms with Crippen LogP contribution in [-0.2, 0) is 4.79 Å². The van der Waals surface area contributed by atoms with Crippen LogP contribution < -0.4 is 5.32 Å². The third kappa shape index (κ3) is 1.56. The van der Waals surface area contributed by atoms with E-state index in [1.165, 1.54) is 0 Å². The van der Waals surface area contributed by atoms with Crippen molar-refractivity contribution in [1.29, 1.82) is 0 Å². The largest absolute Gasteiger partial charge is 0.481 e.